The van der Waals surface area contributed by atoms with Crippen molar-refractivity contribution in [2.24, 2.45) is 0 Å². The summed E-state index contributed by atoms with van der Waals surface area (Å²) in [5.41, 5.74) is 5.34. The summed E-state index contributed by atoms with van der Waals surface area (Å²) >= 11 is 0. The SMILES string of the molecule is Cc1cc(C)c(S(=O)(=O)N(CC(=O)C=C2N(C)c3ccccc3C2(C)C)C2CCCCCC2)c(C)c1. The summed E-state index contributed by atoms with van der Waals surface area (Å²) in [7, 11) is -1.87. The second-order valence-electron chi connectivity index (χ2n) is 11.1. The molecule has 194 valence electrons. The maximum atomic E-state index is 14.2. The van der Waals surface area contributed by atoms with Gasteiger partial charge in [-0.2, -0.15) is 4.31 Å². The Kier molecular flexibility index (Phi) is 7.50. The van der Waals surface area contributed by atoms with E-state index in [4.69, 9.17) is 0 Å². The van der Waals surface area contributed by atoms with E-state index in [-0.39, 0.29) is 23.8 Å². The smallest absolute Gasteiger partial charge is 0.244 e. The second kappa shape index (κ2) is 10.1. The van der Waals surface area contributed by atoms with Crippen LogP contribution in [0.25, 0.3) is 0 Å². The van der Waals surface area contributed by atoms with Crippen molar-refractivity contribution in [2.45, 2.75) is 89.5 Å². The molecule has 2 aromatic rings. The summed E-state index contributed by atoms with van der Waals surface area (Å²) in [5, 5.41) is 0. The van der Waals surface area contributed by atoms with E-state index in [1.807, 2.05) is 52.1 Å². The molecule has 6 heteroatoms. The first-order valence-corrected chi connectivity index (χ1v) is 14.6. The minimum atomic E-state index is -3.85. The molecule has 36 heavy (non-hydrogen) atoms. The van der Waals surface area contributed by atoms with E-state index in [0.717, 1.165) is 66.6 Å². The van der Waals surface area contributed by atoms with Crippen LogP contribution in [0, 0.1) is 20.8 Å². The Bertz CT molecular complexity index is 1260. The lowest BCUT2D eigenvalue weighted by atomic mass is 9.83. The molecule has 2 aliphatic rings. The van der Waals surface area contributed by atoms with Gasteiger partial charge in [0, 0.05) is 36.0 Å². The predicted octanol–water partition coefficient (Wildman–Crippen LogP) is 6.21. The molecule has 1 saturated carbocycles. The van der Waals surface area contributed by atoms with E-state index in [0.29, 0.717) is 4.90 Å². The molecule has 0 unspecified atom stereocenters. The lowest BCUT2D eigenvalue weighted by molar-refractivity contribution is -0.115. The van der Waals surface area contributed by atoms with Crippen molar-refractivity contribution in [1.82, 2.24) is 4.31 Å². The van der Waals surface area contributed by atoms with E-state index in [1.54, 1.807) is 6.08 Å². The van der Waals surface area contributed by atoms with Crippen LogP contribution in [-0.4, -0.2) is 38.1 Å². The highest BCUT2D eigenvalue weighted by molar-refractivity contribution is 7.89. The quantitative estimate of drug-likeness (QED) is 0.344. The molecule has 0 bridgehead atoms. The summed E-state index contributed by atoms with van der Waals surface area (Å²) in [6, 6.07) is 11.9. The van der Waals surface area contributed by atoms with Gasteiger partial charge in [0.15, 0.2) is 5.78 Å². The van der Waals surface area contributed by atoms with E-state index in [2.05, 4.69) is 30.9 Å². The van der Waals surface area contributed by atoms with Crippen LogP contribution < -0.4 is 4.90 Å². The molecule has 1 aliphatic heterocycles. The molecule has 0 atom stereocenters. The number of nitrogens with zero attached hydrogens (tertiary/aromatic N) is 2. The van der Waals surface area contributed by atoms with Gasteiger partial charge in [0.1, 0.15) is 0 Å². The zero-order valence-corrected chi connectivity index (χ0v) is 23.4. The molecule has 4 rings (SSSR count). The molecule has 1 fully saturated rings. The number of fused-ring (bicyclic) bond motifs is 1. The Morgan fingerprint density at radius 2 is 1.61 bits per heavy atom. The lowest BCUT2D eigenvalue weighted by Gasteiger charge is -2.31. The van der Waals surface area contributed by atoms with Gasteiger partial charge in [-0.25, -0.2) is 8.42 Å². The van der Waals surface area contributed by atoms with Gasteiger partial charge in [-0.05, 0) is 56.4 Å². The molecule has 1 aliphatic carbocycles. The Hall–Kier alpha value is -2.44. The average Bonchev–Trinajstić information content (AvgIpc) is 2.99. The van der Waals surface area contributed by atoms with Crippen LogP contribution in [0.3, 0.4) is 0 Å². The highest BCUT2D eigenvalue weighted by Gasteiger charge is 2.40. The summed E-state index contributed by atoms with van der Waals surface area (Å²) in [6.45, 7) is 9.79. The maximum Gasteiger partial charge on any atom is 0.244 e. The number of anilines is 1. The first-order chi connectivity index (χ1) is 16.9. The third-order valence-corrected chi connectivity index (χ3v) is 10.2. The van der Waals surface area contributed by atoms with Gasteiger partial charge in [-0.15, -0.1) is 0 Å². The molecular formula is C30H40N2O3S. The van der Waals surface area contributed by atoms with Crippen molar-refractivity contribution < 1.29 is 13.2 Å². The average molecular weight is 509 g/mol. The standard InChI is InChI=1S/C30H40N2O3S/c1-21-17-22(2)29(23(3)18-21)36(34,35)32(24-13-9-7-8-10-14-24)20-25(33)19-28-30(4,5)26-15-11-12-16-27(26)31(28)6/h11-12,15-19,24H,7-10,13-14,20H2,1-6H3. The highest BCUT2D eigenvalue weighted by Crippen LogP contribution is 2.46. The third-order valence-electron chi connectivity index (χ3n) is 7.95. The molecule has 2 aromatic carbocycles. The second-order valence-corrected chi connectivity index (χ2v) is 12.9. The minimum Gasteiger partial charge on any atom is -0.347 e. The van der Waals surface area contributed by atoms with Crippen LogP contribution in [0.4, 0.5) is 5.69 Å². The molecule has 5 nitrogen and oxygen atoms in total. The van der Waals surface area contributed by atoms with Gasteiger partial charge in [-0.1, -0.05) is 75.4 Å². The monoisotopic (exact) mass is 508 g/mol. The van der Waals surface area contributed by atoms with Crippen LogP contribution in [0.15, 0.2) is 53.1 Å². The number of rotatable bonds is 6. The molecule has 0 spiro atoms. The Morgan fingerprint density at radius 3 is 2.19 bits per heavy atom. The highest BCUT2D eigenvalue weighted by atomic mass is 32.2. The molecule has 0 N–H and O–H groups in total. The summed E-state index contributed by atoms with van der Waals surface area (Å²) in [6.07, 6.45) is 7.47. The first kappa shape index (κ1) is 26.6. The molecule has 0 saturated heterocycles. The fourth-order valence-corrected chi connectivity index (χ4v) is 8.32. The number of allylic oxidation sites excluding steroid dienone is 1. The Labute approximate surface area is 217 Å². The van der Waals surface area contributed by atoms with Crippen molar-refractivity contribution in [3.63, 3.8) is 0 Å². The normalized spacial score (nSPS) is 19.5. The number of hydrogen-bond acceptors (Lipinski definition) is 4. The zero-order valence-electron chi connectivity index (χ0n) is 22.6. The van der Waals surface area contributed by atoms with Gasteiger partial charge in [0.2, 0.25) is 10.0 Å². The van der Waals surface area contributed by atoms with Gasteiger partial charge in [0.05, 0.1) is 11.4 Å². The van der Waals surface area contributed by atoms with Crippen molar-refractivity contribution in [2.75, 3.05) is 18.5 Å². The van der Waals surface area contributed by atoms with Gasteiger partial charge < -0.3 is 4.90 Å². The number of aryl methyl sites for hydroxylation is 3. The number of carbonyl (C=O) groups is 1. The summed E-state index contributed by atoms with van der Waals surface area (Å²) in [4.78, 5) is 16.0. The molecule has 0 radical (unpaired) electrons. The minimum absolute atomic E-state index is 0.135. The lowest BCUT2D eigenvalue weighted by Crippen LogP contribution is -2.43. The van der Waals surface area contributed by atoms with Crippen molar-refractivity contribution in [3.8, 4) is 0 Å². The van der Waals surface area contributed by atoms with Gasteiger partial charge in [-0.3, -0.25) is 4.79 Å². The van der Waals surface area contributed by atoms with Crippen LogP contribution in [0.1, 0.15) is 74.6 Å². The Morgan fingerprint density at radius 1 is 1.03 bits per heavy atom. The molecular weight excluding hydrogens is 468 g/mol. The molecule has 0 aromatic heterocycles. The van der Waals surface area contributed by atoms with Crippen LogP contribution in [-0.2, 0) is 20.2 Å². The van der Waals surface area contributed by atoms with Crippen LogP contribution >= 0.6 is 0 Å². The van der Waals surface area contributed by atoms with Crippen LogP contribution in [0.5, 0.6) is 0 Å². The number of ketones is 1. The number of hydrogen-bond donors (Lipinski definition) is 0. The van der Waals surface area contributed by atoms with E-state index >= 15 is 0 Å². The van der Waals surface area contributed by atoms with E-state index in [1.165, 1.54) is 9.87 Å². The Balaban J connectivity index is 1.72. The fraction of sp³-hybridized carbons (Fsp3) is 0.500. The largest absolute Gasteiger partial charge is 0.347 e. The number of para-hydroxylation sites is 1. The van der Waals surface area contributed by atoms with E-state index < -0.39 is 10.0 Å². The topological polar surface area (TPSA) is 57.7 Å². The molecule has 0 amide bonds. The van der Waals surface area contributed by atoms with Gasteiger partial charge in [0.25, 0.3) is 0 Å². The van der Waals surface area contributed by atoms with E-state index in [9.17, 15) is 13.2 Å². The molecule has 1 heterocycles. The van der Waals surface area contributed by atoms with Crippen molar-refractivity contribution in [3.05, 3.63) is 70.4 Å². The first-order valence-electron chi connectivity index (χ1n) is 13.1. The predicted molar refractivity (Wildman–Crippen MR) is 147 cm³/mol. The van der Waals surface area contributed by atoms with Crippen LogP contribution in [0.2, 0.25) is 0 Å². The third kappa shape index (κ3) is 4.90. The number of likely N-dealkylation sites (N-methyl/N-ethyl adjacent to an activating group) is 1. The number of carbonyl (C=O) groups excluding carboxylic acids is 1. The fourth-order valence-electron chi connectivity index (χ4n) is 6.26. The number of sulfonamides is 1. The van der Waals surface area contributed by atoms with Gasteiger partial charge >= 0.3 is 0 Å². The zero-order chi connectivity index (χ0) is 26.3. The maximum absolute atomic E-state index is 14.2. The van der Waals surface area contributed by atoms with Crippen molar-refractivity contribution >= 4 is 21.5 Å². The number of benzene rings is 2. The summed E-state index contributed by atoms with van der Waals surface area (Å²) in [5.74, 6) is -0.173. The van der Waals surface area contributed by atoms with Crippen molar-refractivity contribution in [1.29, 1.82) is 0 Å². The summed E-state index contributed by atoms with van der Waals surface area (Å²) < 4.78 is 29.9.